The van der Waals surface area contributed by atoms with E-state index in [1.165, 1.54) is 13.8 Å². The van der Waals surface area contributed by atoms with E-state index < -0.39 is 54.0 Å². The van der Waals surface area contributed by atoms with Crippen molar-refractivity contribution in [3.8, 4) is 0 Å². The molecule has 7 N–H and O–H groups in total. The zero-order valence-corrected chi connectivity index (χ0v) is 18.1. The Morgan fingerprint density at radius 2 is 1.10 bits per heavy atom. The van der Waals surface area contributed by atoms with Gasteiger partial charge in [-0.25, -0.2) is 4.79 Å². The fraction of sp³-hybridized carbons (Fsp3) is 0.789. The Labute approximate surface area is 172 Å². The van der Waals surface area contributed by atoms with E-state index in [1.54, 1.807) is 13.8 Å². The van der Waals surface area contributed by atoms with E-state index in [0.29, 0.717) is 12.8 Å². The third-order valence-corrected chi connectivity index (χ3v) is 5.05. The Hall–Kier alpha value is -2.20. The monoisotopic (exact) mass is 416 g/mol. The second-order valence-electron chi connectivity index (χ2n) is 7.60. The maximum absolute atomic E-state index is 12.9. The molecule has 0 saturated heterocycles. The van der Waals surface area contributed by atoms with E-state index in [-0.39, 0.29) is 11.8 Å². The van der Waals surface area contributed by atoms with Crippen molar-refractivity contribution in [2.24, 2.45) is 17.6 Å². The van der Waals surface area contributed by atoms with Crippen LogP contribution in [0.25, 0.3) is 0 Å². The molecule has 10 heteroatoms. The summed E-state index contributed by atoms with van der Waals surface area (Å²) in [6.07, 6.45) is -0.186. The number of carbonyl (C=O) groups is 4. The van der Waals surface area contributed by atoms with Crippen molar-refractivity contribution in [1.82, 2.24) is 16.0 Å². The van der Waals surface area contributed by atoms with Crippen LogP contribution in [0.3, 0.4) is 0 Å². The van der Waals surface area contributed by atoms with Crippen LogP contribution in [0.2, 0.25) is 0 Å². The van der Waals surface area contributed by atoms with E-state index >= 15 is 0 Å². The highest BCUT2D eigenvalue weighted by Crippen LogP contribution is 2.13. The Bertz CT molecular complexity index is 581. The summed E-state index contributed by atoms with van der Waals surface area (Å²) >= 11 is 0. The van der Waals surface area contributed by atoms with Gasteiger partial charge in [0.2, 0.25) is 17.7 Å². The SMILES string of the molecule is CCC(C)C(NC(=O)C(C)N)C(=O)NC(C(=O)NC(C(=O)O)C(C)O)C(C)CC. The topological polar surface area (TPSA) is 171 Å². The molecule has 3 amide bonds. The highest BCUT2D eigenvalue weighted by atomic mass is 16.4. The zero-order valence-electron chi connectivity index (χ0n) is 18.1. The summed E-state index contributed by atoms with van der Waals surface area (Å²) in [5, 5.41) is 26.3. The van der Waals surface area contributed by atoms with Gasteiger partial charge in [-0.05, 0) is 25.7 Å². The molecule has 0 rings (SSSR count). The number of aliphatic hydroxyl groups excluding tert-OH is 1. The number of carbonyl (C=O) groups excluding carboxylic acids is 3. The minimum Gasteiger partial charge on any atom is -0.480 e. The fourth-order valence-electron chi connectivity index (χ4n) is 2.56. The van der Waals surface area contributed by atoms with E-state index in [4.69, 9.17) is 5.73 Å². The van der Waals surface area contributed by atoms with Crippen LogP contribution in [0.4, 0.5) is 0 Å². The van der Waals surface area contributed by atoms with Crippen LogP contribution in [0.15, 0.2) is 0 Å². The van der Waals surface area contributed by atoms with Gasteiger partial charge in [-0.3, -0.25) is 14.4 Å². The van der Waals surface area contributed by atoms with E-state index in [2.05, 4.69) is 16.0 Å². The summed E-state index contributed by atoms with van der Waals surface area (Å²) in [7, 11) is 0. The van der Waals surface area contributed by atoms with Crippen LogP contribution in [-0.2, 0) is 19.2 Å². The summed E-state index contributed by atoms with van der Waals surface area (Å²) < 4.78 is 0. The lowest BCUT2D eigenvalue weighted by molar-refractivity contribution is -0.145. The van der Waals surface area contributed by atoms with Gasteiger partial charge in [0.25, 0.3) is 0 Å². The molecule has 10 nitrogen and oxygen atoms in total. The number of nitrogens with two attached hydrogens (primary N) is 1. The molecule has 29 heavy (non-hydrogen) atoms. The van der Waals surface area contributed by atoms with Gasteiger partial charge >= 0.3 is 5.97 Å². The molecular weight excluding hydrogens is 380 g/mol. The molecule has 0 aromatic rings. The van der Waals surface area contributed by atoms with Crippen molar-refractivity contribution >= 4 is 23.7 Å². The summed E-state index contributed by atoms with van der Waals surface area (Å²) in [6.45, 7) is 9.96. The van der Waals surface area contributed by atoms with Crippen LogP contribution in [0.1, 0.15) is 54.4 Å². The van der Waals surface area contributed by atoms with Gasteiger partial charge in [0, 0.05) is 0 Å². The van der Waals surface area contributed by atoms with Crippen molar-refractivity contribution in [2.45, 2.75) is 84.7 Å². The fourth-order valence-corrected chi connectivity index (χ4v) is 2.56. The van der Waals surface area contributed by atoms with Gasteiger partial charge < -0.3 is 31.9 Å². The summed E-state index contributed by atoms with van der Waals surface area (Å²) in [5.74, 6) is -3.69. The number of rotatable bonds is 12. The molecule has 7 atom stereocenters. The second-order valence-corrected chi connectivity index (χ2v) is 7.60. The largest absolute Gasteiger partial charge is 0.480 e. The molecule has 168 valence electrons. The van der Waals surface area contributed by atoms with Gasteiger partial charge in [-0.15, -0.1) is 0 Å². The number of aliphatic hydroxyl groups is 1. The molecule has 0 aliphatic carbocycles. The first-order valence-electron chi connectivity index (χ1n) is 9.94. The average Bonchev–Trinajstić information content (AvgIpc) is 2.65. The molecular formula is C19H36N4O6. The first kappa shape index (κ1) is 26.8. The van der Waals surface area contributed by atoms with E-state index in [9.17, 15) is 29.4 Å². The minimum absolute atomic E-state index is 0.220. The average molecular weight is 417 g/mol. The van der Waals surface area contributed by atoms with Gasteiger partial charge in [-0.1, -0.05) is 40.5 Å². The predicted molar refractivity (Wildman–Crippen MR) is 108 cm³/mol. The summed E-state index contributed by atoms with van der Waals surface area (Å²) in [5.41, 5.74) is 5.57. The number of hydrogen-bond donors (Lipinski definition) is 6. The van der Waals surface area contributed by atoms with Crippen molar-refractivity contribution in [3.05, 3.63) is 0 Å². The molecule has 0 fully saturated rings. The second kappa shape index (κ2) is 12.4. The third kappa shape index (κ3) is 8.36. The van der Waals surface area contributed by atoms with Crippen molar-refractivity contribution in [2.75, 3.05) is 0 Å². The number of aliphatic carboxylic acids is 1. The van der Waals surface area contributed by atoms with Crippen LogP contribution >= 0.6 is 0 Å². The van der Waals surface area contributed by atoms with Gasteiger partial charge in [0.15, 0.2) is 6.04 Å². The van der Waals surface area contributed by atoms with Crippen LogP contribution < -0.4 is 21.7 Å². The highest BCUT2D eigenvalue weighted by Gasteiger charge is 2.34. The van der Waals surface area contributed by atoms with E-state index in [0.717, 1.165) is 0 Å². The minimum atomic E-state index is -1.51. The molecule has 0 aromatic heterocycles. The number of carboxylic acid groups (broad SMARTS) is 1. The molecule has 7 unspecified atom stereocenters. The highest BCUT2D eigenvalue weighted by molar-refractivity contribution is 5.94. The number of hydrogen-bond acceptors (Lipinski definition) is 6. The maximum atomic E-state index is 12.9. The first-order chi connectivity index (χ1) is 13.4. The molecule has 0 saturated carbocycles. The van der Waals surface area contributed by atoms with E-state index in [1.807, 2.05) is 13.8 Å². The van der Waals surface area contributed by atoms with Gasteiger partial charge in [0.1, 0.15) is 12.1 Å². The van der Waals surface area contributed by atoms with Gasteiger partial charge in [-0.2, -0.15) is 0 Å². The smallest absolute Gasteiger partial charge is 0.328 e. The van der Waals surface area contributed by atoms with Crippen LogP contribution in [0.5, 0.6) is 0 Å². The quantitative estimate of drug-likeness (QED) is 0.245. The maximum Gasteiger partial charge on any atom is 0.328 e. The van der Waals surface area contributed by atoms with Crippen molar-refractivity contribution in [3.63, 3.8) is 0 Å². The van der Waals surface area contributed by atoms with Crippen LogP contribution in [0, 0.1) is 11.8 Å². The van der Waals surface area contributed by atoms with Crippen molar-refractivity contribution < 1.29 is 29.4 Å². The Kier molecular flexibility index (Phi) is 11.4. The molecule has 0 aliphatic rings. The Morgan fingerprint density at radius 3 is 1.38 bits per heavy atom. The van der Waals surface area contributed by atoms with Crippen molar-refractivity contribution in [1.29, 1.82) is 0 Å². The van der Waals surface area contributed by atoms with Crippen LogP contribution in [-0.4, -0.2) is 64.2 Å². The predicted octanol–water partition coefficient (Wildman–Crippen LogP) is -0.654. The molecule has 0 radical (unpaired) electrons. The standard InChI is InChI=1S/C19H36N4O6/c1-7-9(3)13(21-16(25)11(5)20)17(26)22-14(10(4)8-2)18(27)23-15(12(6)24)19(28)29/h9-15,24H,7-8,20H2,1-6H3,(H,21,25)(H,22,26)(H,23,27)(H,28,29). The number of nitrogens with one attached hydrogen (secondary N) is 3. The Morgan fingerprint density at radius 1 is 0.759 bits per heavy atom. The summed E-state index contributed by atoms with van der Waals surface area (Å²) in [4.78, 5) is 48.8. The normalized spacial score (nSPS) is 18.3. The lowest BCUT2D eigenvalue weighted by Gasteiger charge is -2.30. The third-order valence-electron chi connectivity index (χ3n) is 5.05. The zero-order chi connectivity index (χ0) is 22.9. The molecule has 0 aromatic carbocycles. The number of carboxylic acids is 1. The molecule has 0 spiro atoms. The van der Waals surface area contributed by atoms with Gasteiger partial charge in [0.05, 0.1) is 12.1 Å². The molecule has 0 bridgehead atoms. The molecule has 0 aliphatic heterocycles. The number of amides is 3. The molecule has 0 heterocycles. The Balaban J connectivity index is 5.55. The lowest BCUT2D eigenvalue weighted by atomic mass is 9.94. The first-order valence-corrected chi connectivity index (χ1v) is 9.94. The summed E-state index contributed by atoms with van der Waals surface area (Å²) in [6, 6.07) is -4.24. The lowest BCUT2D eigenvalue weighted by Crippen LogP contribution is -2.60.